The Morgan fingerprint density at radius 2 is 2.05 bits per heavy atom. The number of aliphatic imine (C=N–C) groups is 1. The molecule has 0 bridgehead atoms. The molecular formula is C15H28BN2O3P. The van der Waals surface area contributed by atoms with Crippen molar-refractivity contribution in [3.8, 4) is 0 Å². The SMILES string of the molecule is [B][C@H]1CO[C@H](CC)C1OP(CCN=C=O)N(C(C)C)C(C)C. The van der Waals surface area contributed by atoms with Crippen LogP contribution in [0.3, 0.4) is 0 Å². The second-order valence-corrected chi connectivity index (χ2v) is 7.95. The van der Waals surface area contributed by atoms with Crippen LogP contribution in [-0.4, -0.2) is 62.2 Å². The quantitative estimate of drug-likeness (QED) is 0.283. The summed E-state index contributed by atoms with van der Waals surface area (Å²) in [5.74, 6) is -0.0919. The molecule has 0 amide bonds. The summed E-state index contributed by atoms with van der Waals surface area (Å²) in [5, 5.41) is 0. The van der Waals surface area contributed by atoms with Crippen molar-refractivity contribution < 1.29 is 14.1 Å². The Morgan fingerprint density at radius 3 is 2.55 bits per heavy atom. The van der Waals surface area contributed by atoms with Gasteiger partial charge < -0.3 is 9.26 Å². The fraction of sp³-hybridized carbons (Fsp3) is 0.933. The second-order valence-electron chi connectivity index (χ2n) is 6.13. The summed E-state index contributed by atoms with van der Waals surface area (Å²) in [6.07, 6.45) is 3.16. The Morgan fingerprint density at radius 1 is 1.41 bits per heavy atom. The molecule has 0 aromatic carbocycles. The summed E-state index contributed by atoms with van der Waals surface area (Å²) >= 11 is 0. The van der Waals surface area contributed by atoms with E-state index < -0.39 is 8.30 Å². The van der Waals surface area contributed by atoms with Gasteiger partial charge in [0.2, 0.25) is 6.08 Å². The monoisotopic (exact) mass is 326 g/mol. The van der Waals surface area contributed by atoms with E-state index in [1.807, 2.05) is 0 Å². The molecule has 1 heterocycles. The molecule has 4 atom stereocenters. The van der Waals surface area contributed by atoms with Crippen LogP contribution in [0.25, 0.3) is 0 Å². The van der Waals surface area contributed by atoms with E-state index in [-0.39, 0.29) is 18.0 Å². The third-order valence-corrected chi connectivity index (χ3v) is 6.23. The molecule has 0 aromatic heterocycles. The second kappa shape index (κ2) is 9.80. The summed E-state index contributed by atoms with van der Waals surface area (Å²) in [4.78, 5) is 14.0. The minimum absolute atomic E-state index is 0.0516. The van der Waals surface area contributed by atoms with Crippen LogP contribution in [0.4, 0.5) is 0 Å². The van der Waals surface area contributed by atoms with Gasteiger partial charge in [0.25, 0.3) is 0 Å². The molecule has 1 saturated heterocycles. The van der Waals surface area contributed by atoms with Gasteiger partial charge >= 0.3 is 0 Å². The third kappa shape index (κ3) is 5.44. The van der Waals surface area contributed by atoms with E-state index in [1.165, 1.54) is 0 Å². The largest absolute Gasteiger partial charge is 0.376 e. The van der Waals surface area contributed by atoms with Crippen LogP contribution in [-0.2, 0) is 14.1 Å². The van der Waals surface area contributed by atoms with Gasteiger partial charge in [-0.3, -0.25) is 4.67 Å². The maximum absolute atomic E-state index is 10.3. The van der Waals surface area contributed by atoms with Crippen LogP contribution in [0.15, 0.2) is 4.99 Å². The Bertz CT molecular complexity index is 370. The summed E-state index contributed by atoms with van der Waals surface area (Å²) in [6.45, 7) is 11.7. The number of rotatable bonds is 9. The fourth-order valence-corrected chi connectivity index (χ4v) is 5.17. The number of nitrogens with zero attached hydrogens (tertiary/aromatic N) is 2. The van der Waals surface area contributed by atoms with Crippen molar-refractivity contribution in [2.75, 3.05) is 19.3 Å². The van der Waals surface area contributed by atoms with Crippen molar-refractivity contribution in [1.82, 2.24) is 4.67 Å². The van der Waals surface area contributed by atoms with Crippen molar-refractivity contribution in [1.29, 1.82) is 0 Å². The van der Waals surface area contributed by atoms with E-state index in [0.717, 1.165) is 6.42 Å². The molecule has 1 rings (SSSR count). The average molecular weight is 326 g/mol. The predicted octanol–water partition coefficient (Wildman–Crippen LogP) is 2.90. The lowest BCUT2D eigenvalue weighted by Gasteiger charge is -2.39. The molecule has 0 N–H and O–H groups in total. The maximum Gasteiger partial charge on any atom is 0.234 e. The first-order valence-electron chi connectivity index (χ1n) is 8.05. The van der Waals surface area contributed by atoms with E-state index in [9.17, 15) is 4.79 Å². The van der Waals surface area contributed by atoms with Crippen LogP contribution in [0.1, 0.15) is 41.0 Å². The standard InChI is InChI=1S/C15H28BN2O3P/c1-6-14-15(13(16)9-20-14)21-22(8-7-17-10-19)18(11(2)3)12(4)5/h11-15H,6-9H2,1-5H3/t13-,14+,15?,22?/m0/s1. The van der Waals surface area contributed by atoms with Gasteiger partial charge in [-0.2, -0.15) is 0 Å². The molecule has 0 spiro atoms. The molecule has 2 unspecified atom stereocenters. The number of hydrogen-bond acceptors (Lipinski definition) is 5. The highest BCUT2D eigenvalue weighted by molar-refractivity contribution is 7.50. The summed E-state index contributed by atoms with van der Waals surface area (Å²) in [5.41, 5.74) is 0. The van der Waals surface area contributed by atoms with Gasteiger partial charge in [-0.25, -0.2) is 9.79 Å². The molecule has 7 heteroatoms. The first kappa shape index (κ1) is 19.8. The summed E-state index contributed by atoms with van der Waals surface area (Å²) in [6, 6.07) is 0.704. The van der Waals surface area contributed by atoms with Gasteiger partial charge in [0.1, 0.15) is 8.30 Å². The Hall–Kier alpha value is -0.245. The zero-order valence-electron chi connectivity index (χ0n) is 14.4. The van der Waals surface area contributed by atoms with Crippen LogP contribution in [0.2, 0.25) is 5.82 Å². The lowest BCUT2D eigenvalue weighted by atomic mass is 9.83. The molecule has 22 heavy (non-hydrogen) atoms. The van der Waals surface area contributed by atoms with Crippen LogP contribution < -0.4 is 0 Å². The van der Waals surface area contributed by atoms with Crippen LogP contribution in [0, 0.1) is 0 Å². The molecule has 2 radical (unpaired) electrons. The van der Waals surface area contributed by atoms with Gasteiger partial charge in [-0.15, -0.1) is 0 Å². The van der Waals surface area contributed by atoms with E-state index in [0.29, 0.717) is 31.4 Å². The third-order valence-electron chi connectivity index (χ3n) is 3.72. The Balaban J connectivity index is 2.86. The summed E-state index contributed by atoms with van der Waals surface area (Å²) < 4.78 is 14.5. The van der Waals surface area contributed by atoms with Crippen molar-refractivity contribution in [2.45, 2.75) is 71.1 Å². The molecular weight excluding hydrogens is 298 g/mol. The van der Waals surface area contributed by atoms with Gasteiger partial charge in [0.15, 0.2) is 0 Å². The lowest BCUT2D eigenvalue weighted by molar-refractivity contribution is 0.0515. The van der Waals surface area contributed by atoms with Crippen molar-refractivity contribution >= 4 is 22.2 Å². The normalized spacial score (nSPS) is 26.6. The van der Waals surface area contributed by atoms with Crippen molar-refractivity contribution in [2.24, 2.45) is 4.99 Å². The predicted molar refractivity (Wildman–Crippen MR) is 91.3 cm³/mol. The van der Waals surface area contributed by atoms with Crippen LogP contribution >= 0.6 is 8.30 Å². The van der Waals surface area contributed by atoms with Crippen LogP contribution in [0.5, 0.6) is 0 Å². The smallest absolute Gasteiger partial charge is 0.234 e. The molecule has 5 nitrogen and oxygen atoms in total. The highest BCUT2D eigenvalue weighted by Crippen LogP contribution is 2.48. The lowest BCUT2D eigenvalue weighted by Crippen LogP contribution is -2.36. The highest BCUT2D eigenvalue weighted by atomic mass is 31.2. The number of isocyanates is 1. The zero-order valence-corrected chi connectivity index (χ0v) is 15.3. The number of carbonyl (C=O) groups excluding carboxylic acids is 1. The highest BCUT2D eigenvalue weighted by Gasteiger charge is 2.37. The number of hydrogen-bond donors (Lipinski definition) is 0. The minimum Gasteiger partial charge on any atom is -0.376 e. The van der Waals surface area contributed by atoms with E-state index in [2.05, 4.69) is 44.3 Å². The molecule has 1 fully saturated rings. The average Bonchev–Trinajstić information content (AvgIpc) is 2.79. The van der Waals surface area contributed by atoms with E-state index in [1.54, 1.807) is 6.08 Å². The van der Waals surface area contributed by atoms with Gasteiger partial charge in [-0.1, -0.05) is 6.92 Å². The van der Waals surface area contributed by atoms with Crippen molar-refractivity contribution in [3.63, 3.8) is 0 Å². The van der Waals surface area contributed by atoms with Gasteiger partial charge in [0, 0.05) is 24.9 Å². The zero-order chi connectivity index (χ0) is 16.7. The van der Waals surface area contributed by atoms with E-state index >= 15 is 0 Å². The van der Waals surface area contributed by atoms with Gasteiger partial charge in [0.05, 0.1) is 26.6 Å². The topological polar surface area (TPSA) is 51.1 Å². The number of ether oxygens (including phenoxy) is 1. The Labute approximate surface area is 137 Å². The fourth-order valence-electron chi connectivity index (χ4n) is 2.85. The molecule has 1 aliphatic rings. The molecule has 124 valence electrons. The first-order chi connectivity index (χ1) is 10.4. The first-order valence-corrected chi connectivity index (χ1v) is 9.45. The summed E-state index contributed by atoms with van der Waals surface area (Å²) in [7, 11) is 5.27. The molecule has 0 saturated carbocycles. The van der Waals surface area contributed by atoms with Gasteiger partial charge in [-0.05, 0) is 39.9 Å². The van der Waals surface area contributed by atoms with Crippen molar-refractivity contribution in [3.05, 3.63) is 0 Å². The molecule has 0 aliphatic carbocycles. The maximum atomic E-state index is 10.3. The molecule has 0 aromatic rings. The Kier molecular flexibility index (Phi) is 8.82. The van der Waals surface area contributed by atoms with E-state index in [4.69, 9.17) is 17.1 Å². The molecule has 1 aliphatic heterocycles. The minimum atomic E-state index is -0.884.